The highest BCUT2D eigenvalue weighted by Gasteiger charge is 1.99. The van der Waals surface area contributed by atoms with Crippen LogP contribution in [0.25, 0.3) is 0 Å². The molecule has 0 heterocycles. The third-order valence-corrected chi connectivity index (χ3v) is 1.12. The molecule has 1 aromatic carbocycles. The summed E-state index contributed by atoms with van der Waals surface area (Å²) in [5.41, 5.74) is 0.227. The molecule has 11 heavy (non-hydrogen) atoms. The lowest BCUT2D eigenvalue weighted by atomic mass is 10.3. The van der Waals surface area contributed by atoms with Gasteiger partial charge in [0.15, 0.2) is 0 Å². The summed E-state index contributed by atoms with van der Waals surface area (Å²) >= 11 is 0. The zero-order chi connectivity index (χ0) is 8.27. The molecule has 0 aliphatic rings. The molecule has 4 N–H and O–H groups in total. The molecular formula is C6H7N3O2. The Kier molecular flexibility index (Phi) is 1.91. The van der Waals surface area contributed by atoms with Crippen LogP contribution < -0.4 is 5.84 Å². The second-order valence-corrected chi connectivity index (χ2v) is 1.89. The molecule has 0 aliphatic heterocycles. The van der Waals surface area contributed by atoms with E-state index in [1.165, 1.54) is 12.1 Å². The van der Waals surface area contributed by atoms with Crippen molar-refractivity contribution in [2.24, 2.45) is 16.2 Å². The second kappa shape index (κ2) is 2.87. The number of rotatable bonds is 1. The van der Waals surface area contributed by atoms with Gasteiger partial charge in [0, 0.05) is 6.07 Å². The van der Waals surface area contributed by atoms with Gasteiger partial charge in [0.25, 0.3) is 0 Å². The molecule has 0 aromatic heterocycles. The Bertz CT molecular complexity index is 285. The number of phenolic OH excluding ortho intramolecular Hbond substituents is 2. The first-order chi connectivity index (χ1) is 5.24. The summed E-state index contributed by atoms with van der Waals surface area (Å²) in [5, 5.41) is 24.3. The molecule has 0 saturated carbocycles. The van der Waals surface area contributed by atoms with Gasteiger partial charge in [-0.3, -0.25) is 0 Å². The van der Waals surface area contributed by atoms with Crippen LogP contribution in [-0.2, 0) is 0 Å². The maximum absolute atomic E-state index is 9.05. The van der Waals surface area contributed by atoms with Crippen LogP contribution in [0.15, 0.2) is 28.5 Å². The molecule has 0 saturated heterocycles. The van der Waals surface area contributed by atoms with Gasteiger partial charge in [-0.1, -0.05) is 5.22 Å². The number of benzene rings is 1. The first kappa shape index (κ1) is 7.33. The van der Waals surface area contributed by atoms with Gasteiger partial charge in [-0.2, -0.15) is 0 Å². The van der Waals surface area contributed by atoms with E-state index in [-0.39, 0.29) is 17.2 Å². The largest absolute Gasteiger partial charge is 0.508 e. The smallest absolute Gasteiger partial charge is 0.146 e. The lowest BCUT2D eigenvalue weighted by Gasteiger charge is -1.96. The van der Waals surface area contributed by atoms with Crippen LogP contribution in [0, 0.1) is 0 Å². The van der Waals surface area contributed by atoms with Gasteiger partial charge in [0.2, 0.25) is 0 Å². The fourth-order valence-corrected chi connectivity index (χ4v) is 0.659. The summed E-state index contributed by atoms with van der Waals surface area (Å²) < 4.78 is 0. The normalized spacial score (nSPS) is 10.5. The Labute approximate surface area is 62.8 Å². The highest BCUT2D eigenvalue weighted by Crippen LogP contribution is 2.29. The summed E-state index contributed by atoms with van der Waals surface area (Å²) in [5.74, 6) is 4.57. The van der Waals surface area contributed by atoms with Gasteiger partial charge in [-0.15, -0.1) is 5.11 Å². The molecule has 0 radical (unpaired) electrons. The van der Waals surface area contributed by atoms with Crippen molar-refractivity contribution >= 4 is 5.69 Å². The molecule has 58 valence electrons. The first-order valence-corrected chi connectivity index (χ1v) is 2.87. The van der Waals surface area contributed by atoms with E-state index >= 15 is 0 Å². The van der Waals surface area contributed by atoms with Crippen LogP contribution in [0.4, 0.5) is 5.69 Å². The molecule has 5 nitrogen and oxygen atoms in total. The van der Waals surface area contributed by atoms with E-state index in [0.29, 0.717) is 0 Å². The standard InChI is InChI=1S/C6H7N3O2/c7-9-8-5-2-1-4(10)3-6(5)11/h1-3,10-11H,(H2,7,8). The summed E-state index contributed by atoms with van der Waals surface area (Å²) in [7, 11) is 0. The van der Waals surface area contributed by atoms with E-state index in [0.717, 1.165) is 6.07 Å². The molecule has 1 aromatic rings. The van der Waals surface area contributed by atoms with E-state index in [2.05, 4.69) is 10.3 Å². The number of hydrogen-bond donors (Lipinski definition) is 3. The number of phenols is 2. The minimum absolute atomic E-state index is 0.0292. The topological polar surface area (TPSA) is 91.2 Å². The van der Waals surface area contributed by atoms with Crippen LogP contribution >= 0.6 is 0 Å². The second-order valence-electron chi connectivity index (χ2n) is 1.89. The predicted octanol–water partition coefficient (Wildman–Crippen LogP) is 1.06. The maximum atomic E-state index is 9.05. The summed E-state index contributed by atoms with van der Waals surface area (Å²) in [6, 6.07) is 3.94. The van der Waals surface area contributed by atoms with Crippen LogP contribution in [0.2, 0.25) is 0 Å². The van der Waals surface area contributed by atoms with Gasteiger partial charge in [-0.05, 0) is 12.1 Å². The fourth-order valence-electron chi connectivity index (χ4n) is 0.659. The molecule has 1 rings (SSSR count). The van der Waals surface area contributed by atoms with Crippen LogP contribution in [0.5, 0.6) is 11.5 Å². The van der Waals surface area contributed by atoms with Gasteiger partial charge in [0.1, 0.15) is 17.2 Å². The van der Waals surface area contributed by atoms with Crippen molar-refractivity contribution < 1.29 is 10.2 Å². The molecule has 0 spiro atoms. The van der Waals surface area contributed by atoms with Crippen LogP contribution in [0.3, 0.4) is 0 Å². The quantitative estimate of drug-likeness (QED) is 0.320. The molecule has 0 bridgehead atoms. The van der Waals surface area contributed by atoms with Gasteiger partial charge in [0.05, 0.1) is 0 Å². The molecule has 0 atom stereocenters. The third kappa shape index (κ3) is 1.57. The van der Waals surface area contributed by atoms with Crippen molar-refractivity contribution in [1.82, 2.24) is 0 Å². The zero-order valence-electron chi connectivity index (χ0n) is 5.60. The van der Waals surface area contributed by atoms with Gasteiger partial charge < -0.3 is 16.1 Å². The minimum Gasteiger partial charge on any atom is -0.508 e. The van der Waals surface area contributed by atoms with E-state index in [1.807, 2.05) is 0 Å². The Hall–Kier alpha value is -1.78. The van der Waals surface area contributed by atoms with E-state index < -0.39 is 0 Å². The Morgan fingerprint density at radius 2 is 2.00 bits per heavy atom. The lowest BCUT2D eigenvalue weighted by Crippen LogP contribution is -1.74. The Morgan fingerprint density at radius 1 is 1.27 bits per heavy atom. The van der Waals surface area contributed by atoms with Crippen molar-refractivity contribution in [1.29, 1.82) is 0 Å². The van der Waals surface area contributed by atoms with E-state index in [9.17, 15) is 0 Å². The molecule has 0 fully saturated rings. The van der Waals surface area contributed by atoms with Crippen LogP contribution in [0.1, 0.15) is 0 Å². The molecular weight excluding hydrogens is 146 g/mol. The molecule has 5 heteroatoms. The monoisotopic (exact) mass is 153 g/mol. The van der Waals surface area contributed by atoms with Crippen molar-refractivity contribution in [2.45, 2.75) is 0 Å². The molecule has 0 aliphatic carbocycles. The lowest BCUT2D eigenvalue weighted by molar-refractivity contribution is 0.451. The Morgan fingerprint density at radius 3 is 2.55 bits per heavy atom. The summed E-state index contributed by atoms with van der Waals surface area (Å²) in [6.45, 7) is 0. The number of nitrogens with zero attached hydrogens (tertiary/aromatic N) is 2. The first-order valence-electron chi connectivity index (χ1n) is 2.87. The molecule has 0 unspecified atom stereocenters. The van der Waals surface area contributed by atoms with E-state index in [1.54, 1.807) is 0 Å². The average molecular weight is 153 g/mol. The van der Waals surface area contributed by atoms with Gasteiger partial charge in [-0.25, -0.2) is 0 Å². The highest BCUT2D eigenvalue weighted by atomic mass is 16.3. The van der Waals surface area contributed by atoms with Crippen LogP contribution in [-0.4, -0.2) is 10.2 Å². The summed E-state index contributed by atoms with van der Waals surface area (Å²) in [4.78, 5) is 0. The number of aromatic hydroxyl groups is 2. The van der Waals surface area contributed by atoms with Crippen molar-refractivity contribution in [2.75, 3.05) is 0 Å². The zero-order valence-corrected chi connectivity index (χ0v) is 5.60. The maximum Gasteiger partial charge on any atom is 0.146 e. The predicted molar refractivity (Wildman–Crippen MR) is 38.5 cm³/mol. The van der Waals surface area contributed by atoms with E-state index in [4.69, 9.17) is 16.1 Å². The summed E-state index contributed by atoms with van der Waals surface area (Å²) in [6.07, 6.45) is 0. The SMILES string of the molecule is NN=Nc1ccc(O)cc1O. The van der Waals surface area contributed by atoms with Crippen molar-refractivity contribution in [3.05, 3.63) is 18.2 Å². The van der Waals surface area contributed by atoms with Crippen molar-refractivity contribution in [3.63, 3.8) is 0 Å². The molecule has 0 amide bonds. The van der Waals surface area contributed by atoms with Crippen molar-refractivity contribution in [3.8, 4) is 11.5 Å². The Balaban J connectivity index is 3.09. The average Bonchev–Trinajstić information content (AvgIpc) is 1.95. The third-order valence-electron chi connectivity index (χ3n) is 1.12. The fraction of sp³-hybridized carbons (Fsp3) is 0. The van der Waals surface area contributed by atoms with Gasteiger partial charge >= 0.3 is 0 Å². The highest BCUT2D eigenvalue weighted by molar-refractivity contribution is 5.53. The number of hydrogen-bond acceptors (Lipinski definition) is 4. The minimum atomic E-state index is -0.154. The number of nitrogens with two attached hydrogens (primary N) is 1.